The Morgan fingerprint density at radius 3 is 2.36 bits per heavy atom. The van der Waals surface area contributed by atoms with Crippen LogP contribution < -0.4 is 15.0 Å². The molecule has 10 heteroatoms. The number of barbiturate groups is 1. The highest BCUT2D eigenvalue weighted by Crippen LogP contribution is 2.29. The first kappa shape index (κ1) is 24.6. The van der Waals surface area contributed by atoms with Crippen molar-refractivity contribution < 1.29 is 24.0 Å². The molecule has 1 aliphatic heterocycles. The van der Waals surface area contributed by atoms with Gasteiger partial charge in [0.25, 0.3) is 17.5 Å². The number of non-ortho nitro benzene ring substituents is 1. The summed E-state index contributed by atoms with van der Waals surface area (Å²) in [6.45, 7) is 3.90. The Morgan fingerprint density at radius 2 is 1.72 bits per heavy atom. The van der Waals surface area contributed by atoms with Crippen LogP contribution in [0.15, 0.2) is 66.2 Å². The van der Waals surface area contributed by atoms with E-state index in [4.69, 9.17) is 16.3 Å². The summed E-state index contributed by atoms with van der Waals surface area (Å²) in [6.07, 6.45) is 1.35. The molecule has 0 atom stereocenters. The number of carbonyl (C=O) groups is 3. The molecular formula is C26H20ClN3O6. The molecule has 0 radical (unpaired) electrons. The highest BCUT2D eigenvalue weighted by molar-refractivity contribution is 6.39. The van der Waals surface area contributed by atoms with Crippen molar-refractivity contribution in [3.05, 3.63) is 104 Å². The molecule has 0 bridgehead atoms. The van der Waals surface area contributed by atoms with Crippen LogP contribution in [0.4, 0.5) is 16.2 Å². The normalized spacial score (nSPS) is 14.7. The minimum absolute atomic E-state index is 0.0201. The molecule has 0 saturated carbocycles. The smallest absolute Gasteiger partial charge is 0.335 e. The Hall–Kier alpha value is -4.50. The van der Waals surface area contributed by atoms with E-state index < -0.39 is 22.8 Å². The van der Waals surface area contributed by atoms with Gasteiger partial charge < -0.3 is 4.74 Å². The molecular weight excluding hydrogens is 486 g/mol. The fourth-order valence-electron chi connectivity index (χ4n) is 3.52. The number of anilines is 1. The molecule has 1 N–H and O–H groups in total. The number of rotatable bonds is 6. The standard InChI is InChI=1S/C26H20ClN3O6/c1-15-3-7-20(11-16(15)2)29-25(32)21(24(31)28-26(29)33)12-18-6-10-23(22(27)13-18)36-14-17-4-8-19(9-5-17)30(34)35/h3-13H,14H2,1-2H3,(H,28,31,33)/b21-12+. The van der Waals surface area contributed by atoms with Gasteiger partial charge in [0.05, 0.1) is 15.6 Å². The lowest BCUT2D eigenvalue weighted by atomic mass is 10.0. The predicted molar refractivity (Wildman–Crippen MR) is 134 cm³/mol. The van der Waals surface area contributed by atoms with Gasteiger partial charge >= 0.3 is 6.03 Å². The molecule has 0 aliphatic carbocycles. The number of urea groups is 1. The van der Waals surface area contributed by atoms with E-state index in [9.17, 15) is 24.5 Å². The van der Waals surface area contributed by atoms with Gasteiger partial charge in [-0.25, -0.2) is 9.69 Å². The number of halogens is 1. The zero-order valence-electron chi connectivity index (χ0n) is 19.3. The maximum atomic E-state index is 13.1. The van der Waals surface area contributed by atoms with Gasteiger partial charge in [0, 0.05) is 12.1 Å². The van der Waals surface area contributed by atoms with Gasteiger partial charge in [0.2, 0.25) is 0 Å². The van der Waals surface area contributed by atoms with Crippen LogP contribution in [0.1, 0.15) is 22.3 Å². The highest BCUT2D eigenvalue weighted by atomic mass is 35.5. The van der Waals surface area contributed by atoms with E-state index >= 15 is 0 Å². The first-order valence-electron chi connectivity index (χ1n) is 10.8. The lowest BCUT2D eigenvalue weighted by Gasteiger charge is -2.26. The summed E-state index contributed by atoms with van der Waals surface area (Å²) in [6, 6.07) is 15.0. The van der Waals surface area contributed by atoms with Crippen LogP contribution in [-0.4, -0.2) is 22.8 Å². The van der Waals surface area contributed by atoms with Gasteiger partial charge in [-0.2, -0.15) is 0 Å². The monoisotopic (exact) mass is 505 g/mol. The Balaban J connectivity index is 1.53. The summed E-state index contributed by atoms with van der Waals surface area (Å²) >= 11 is 6.34. The molecule has 3 aromatic rings. The fraction of sp³-hybridized carbons (Fsp3) is 0.115. The van der Waals surface area contributed by atoms with Gasteiger partial charge in [0.15, 0.2) is 0 Å². The molecule has 1 aliphatic rings. The Morgan fingerprint density at radius 1 is 1.00 bits per heavy atom. The van der Waals surface area contributed by atoms with E-state index in [2.05, 4.69) is 5.32 Å². The Kier molecular flexibility index (Phi) is 6.84. The molecule has 1 fully saturated rings. The SMILES string of the molecule is Cc1ccc(N2C(=O)NC(=O)/C(=C\c3ccc(OCc4ccc([N+](=O)[O-])cc4)c(Cl)c3)C2=O)cc1C. The lowest BCUT2D eigenvalue weighted by molar-refractivity contribution is -0.384. The van der Waals surface area contributed by atoms with Crippen molar-refractivity contribution in [2.24, 2.45) is 0 Å². The summed E-state index contributed by atoms with van der Waals surface area (Å²) in [5.74, 6) is -1.20. The summed E-state index contributed by atoms with van der Waals surface area (Å²) in [7, 11) is 0. The first-order chi connectivity index (χ1) is 17.1. The number of benzene rings is 3. The molecule has 4 amide bonds. The van der Waals surface area contributed by atoms with Crippen molar-refractivity contribution in [3.8, 4) is 5.75 Å². The molecule has 1 saturated heterocycles. The number of nitrogens with one attached hydrogen (secondary N) is 1. The molecule has 182 valence electrons. The van der Waals surface area contributed by atoms with Crippen molar-refractivity contribution in [1.29, 1.82) is 0 Å². The third-order valence-electron chi connectivity index (χ3n) is 5.66. The molecule has 36 heavy (non-hydrogen) atoms. The number of hydrogen-bond acceptors (Lipinski definition) is 6. The van der Waals surface area contributed by atoms with Crippen molar-refractivity contribution in [3.63, 3.8) is 0 Å². The molecule has 0 spiro atoms. The topological polar surface area (TPSA) is 119 Å². The Bertz CT molecular complexity index is 1430. The third-order valence-corrected chi connectivity index (χ3v) is 5.95. The van der Waals surface area contributed by atoms with Gasteiger partial charge in [-0.05, 0) is 78.6 Å². The van der Waals surface area contributed by atoms with Crippen LogP contribution in [-0.2, 0) is 16.2 Å². The zero-order valence-corrected chi connectivity index (χ0v) is 20.0. The number of nitro groups is 1. The van der Waals surface area contributed by atoms with Crippen molar-refractivity contribution >= 4 is 46.9 Å². The second-order valence-electron chi connectivity index (χ2n) is 8.13. The number of nitrogens with zero attached hydrogens (tertiary/aromatic N) is 2. The van der Waals surface area contributed by atoms with Crippen LogP contribution in [0.25, 0.3) is 6.08 Å². The van der Waals surface area contributed by atoms with Crippen LogP contribution >= 0.6 is 11.6 Å². The summed E-state index contributed by atoms with van der Waals surface area (Å²) in [5.41, 5.74) is 3.18. The van der Waals surface area contributed by atoms with Crippen LogP contribution in [0, 0.1) is 24.0 Å². The van der Waals surface area contributed by atoms with Crippen LogP contribution in [0.2, 0.25) is 5.02 Å². The zero-order chi connectivity index (χ0) is 26.0. The van der Waals surface area contributed by atoms with E-state index in [1.807, 2.05) is 13.8 Å². The Labute approximate surface area is 211 Å². The number of carbonyl (C=O) groups excluding carboxylic acids is 3. The maximum Gasteiger partial charge on any atom is 0.335 e. The average molecular weight is 506 g/mol. The van der Waals surface area contributed by atoms with Crippen molar-refractivity contribution in [1.82, 2.24) is 5.32 Å². The summed E-state index contributed by atoms with van der Waals surface area (Å²) in [5, 5.41) is 13.2. The number of nitro benzene ring substituents is 1. The summed E-state index contributed by atoms with van der Waals surface area (Å²) < 4.78 is 5.70. The lowest BCUT2D eigenvalue weighted by Crippen LogP contribution is -2.54. The maximum absolute atomic E-state index is 13.1. The van der Waals surface area contributed by atoms with Crippen molar-refractivity contribution in [2.75, 3.05) is 4.90 Å². The fourth-order valence-corrected chi connectivity index (χ4v) is 3.77. The quantitative estimate of drug-likeness (QED) is 0.215. The van der Waals surface area contributed by atoms with Crippen molar-refractivity contribution in [2.45, 2.75) is 20.5 Å². The number of ether oxygens (including phenoxy) is 1. The molecule has 4 rings (SSSR count). The third kappa shape index (κ3) is 5.11. The first-order valence-corrected chi connectivity index (χ1v) is 11.2. The van der Waals surface area contributed by atoms with Gasteiger partial charge in [0.1, 0.15) is 17.9 Å². The molecule has 3 aromatic carbocycles. The number of hydrogen-bond donors (Lipinski definition) is 1. The predicted octanol–water partition coefficient (Wildman–Crippen LogP) is 5.11. The van der Waals surface area contributed by atoms with E-state index in [1.165, 1.54) is 24.3 Å². The molecule has 1 heterocycles. The van der Waals surface area contributed by atoms with E-state index in [-0.39, 0.29) is 22.9 Å². The molecule has 0 aromatic heterocycles. The average Bonchev–Trinajstić information content (AvgIpc) is 2.83. The number of imide groups is 2. The van der Waals surface area contributed by atoms with Crippen LogP contribution in [0.5, 0.6) is 5.75 Å². The highest BCUT2D eigenvalue weighted by Gasteiger charge is 2.36. The van der Waals surface area contributed by atoms with Gasteiger partial charge in [-0.3, -0.25) is 25.0 Å². The molecule has 0 unspecified atom stereocenters. The largest absolute Gasteiger partial charge is 0.487 e. The minimum Gasteiger partial charge on any atom is -0.487 e. The minimum atomic E-state index is -0.821. The second-order valence-corrected chi connectivity index (χ2v) is 8.54. The van der Waals surface area contributed by atoms with E-state index in [0.717, 1.165) is 16.0 Å². The number of amides is 4. The van der Waals surface area contributed by atoms with Gasteiger partial charge in [-0.15, -0.1) is 0 Å². The molecule has 9 nitrogen and oxygen atoms in total. The van der Waals surface area contributed by atoms with Crippen LogP contribution in [0.3, 0.4) is 0 Å². The van der Waals surface area contributed by atoms with Gasteiger partial charge in [-0.1, -0.05) is 23.7 Å². The number of aryl methyl sites for hydroxylation is 2. The van der Waals surface area contributed by atoms with E-state index in [1.54, 1.807) is 42.5 Å². The van der Waals surface area contributed by atoms with E-state index in [0.29, 0.717) is 22.6 Å². The summed E-state index contributed by atoms with van der Waals surface area (Å²) in [4.78, 5) is 49.2. The second kappa shape index (κ2) is 10.0.